The predicted octanol–water partition coefficient (Wildman–Crippen LogP) is 1.00. The van der Waals surface area contributed by atoms with Gasteiger partial charge in [-0.3, -0.25) is 0 Å². The summed E-state index contributed by atoms with van der Waals surface area (Å²) in [5.41, 5.74) is 2.01. The molecule has 18 heavy (non-hydrogen) atoms. The molecule has 0 radical (unpaired) electrons. The summed E-state index contributed by atoms with van der Waals surface area (Å²) in [6.07, 6.45) is 0. The van der Waals surface area contributed by atoms with Crippen molar-refractivity contribution in [1.29, 1.82) is 0 Å². The maximum atomic E-state index is 9.15. The van der Waals surface area contributed by atoms with Crippen molar-refractivity contribution in [2.75, 3.05) is 39.1 Å². The van der Waals surface area contributed by atoms with Gasteiger partial charge in [0.05, 0.1) is 17.6 Å². The van der Waals surface area contributed by atoms with E-state index < -0.39 is 0 Å². The van der Waals surface area contributed by atoms with Gasteiger partial charge in [-0.15, -0.1) is 0 Å². The maximum Gasteiger partial charge on any atom is 0.204 e. The average Bonchev–Trinajstić information content (AvgIpc) is 2.68. The molecule has 0 aliphatic rings. The fourth-order valence-corrected chi connectivity index (χ4v) is 1.93. The van der Waals surface area contributed by atoms with Crippen LogP contribution in [0.3, 0.4) is 0 Å². The van der Waals surface area contributed by atoms with E-state index in [0.29, 0.717) is 6.54 Å². The van der Waals surface area contributed by atoms with Gasteiger partial charge in [0.2, 0.25) is 5.95 Å². The quantitative estimate of drug-likeness (QED) is 0.801. The molecule has 1 aromatic carbocycles. The maximum absolute atomic E-state index is 9.15. The van der Waals surface area contributed by atoms with Crippen molar-refractivity contribution in [3.05, 3.63) is 24.3 Å². The van der Waals surface area contributed by atoms with Crippen molar-refractivity contribution < 1.29 is 5.11 Å². The van der Waals surface area contributed by atoms with Crippen LogP contribution in [0.15, 0.2) is 24.3 Å². The zero-order valence-corrected chi connectivity index (χ0v) is 10.9. The molecule has 2 rings (SSSR count). The number of nitrogens with one attached hydrogen (secondary N) is 1. The first-order chi connectivity index (χ1) is 8.72. The third-order valence-corrected chi connectivity index (χ3v) is 2.82. The summed E-state index contributed by atoms with van der Waals surface area (Å²) in [6, 6.07) is 7.97. The fourth-order valence-electron chi connectivity index (χ4n) is 1.93. The molecule has 0 aliphatic carbocycles. The topological polar surface area (TPSA) is 53.3 Å². The summed E-state index contributed by atoms with van der Waals surface area (Å²) in [5, 5.41) is 12.5. The molecule has 5 nitrogen and oxygen atoms in total. The Balaban J connectivity index is 2.22. The van der Waals surface area contributed by atoms with Crippen molar-refractivity contribution >= 4 is 17.0 Å². The number of aliphatic hydroxyl groups is 1. The summed E-state index contributed by atoms with van der Waals surface area (Å²) in [7, 11) is 4.08. The van der Waals surface area contributed by atoms with Gasteiger partial charge in [-0.25, -0.2) is 4.98 Å². The minimum absolute atomic E-state index is 0.114. The molecule has 1 aromatic heterocycles. The number of para-hydroxylation sites is 2. The number of hydrogen-bond donors (Lipinski definition) is 2. The first-order valence-corrected chi connectivity index (χ1v) is 6.17. The lowest BCUT2D eigenvalue weighted by Gasteiger charge is -2.12. The SMILES string of the molecule is CN(C)CCNc1nc2ccccc2n1CCO. The number of anilines is 1. The van der Waals surface area contributed by atoms with Gasteiger partial charge >= 0.3 is 0 Å². The molecule has 1 heterocycles. The molecule has 0 bridgehead atoms. The molecule has 0 saturated heterocycles. The van der Waals surface area contributed by atoms with Gasteiger partial charge in [0.25, 0.3) is 0 Å². The van der Waals surface area contributed by atoms with Crippen LogP contribution in [0, 0.1) is 0 Å². The number of rotatable bonds is 6. The molecule has 0 unspecified atom stereocenters. The average molecular weight is 248 g/mol. The van der Waals surface area contributed by atoms with E-state index in [1.165, 1.54) is 0 Å². The molecule has 98 valence electrons. The lowest BCUT2D eigenvalue weighted by molar-refractivity contribution is 0.278. The van der Waals surface area contributed by atoms with Crippen LogP contribution in [0.4, 0.5) is 5.95 Å². The van der Waals surface area contributed by atoms with E-state index in [0.717, 1.165) is 30.1 Å². The second-order valence-corrected chi connectivity index (χ2v) is 4.53. The van der Waals surface area contributed by atoms with E-state index in [1.807, 2.05) is 42.9 Å². The molecule has 0 atom stereocenters. The Hall–Kier alpha value is -1.59. The van der Waals surface area contributed by atoms with Crippen LogP contribution in [0.5, 0.6) is 0 Å². The Morgan fingerprint density at radius 2 is 2.11 bits per heavy atom. The van der Waals surface area contributed by atoms with Crippen molar-refractivity contribution in [2.45, 2.75) is 6.54 Å². The Morgan fingerprint density at radius 1 is 1.33 bits per heavy atom. The summed E-state index contributed by atoms with van der Waals surface area (Å²) in [6.45, 7) is 2.46. The van der Waals surface area contributed by atoms with Crippen LogP contribution < -0.4 is 5.32 Å². The Labute approximate surface area is 107 Å². The van der Waals surface area contributed by atoms with E-state index >= 15 is 0 Å². The van der Waals surface area contributed by atoms with Crippen LogP contribution in [0.1, 0.15) is 0 Å². The van der Waals surface area contributed by atoms with Crippen LogP contribution in [0.25, 0.3) is 11.0 Å². The number of aromatic nitrogens is 2. The Bertz CT molecular complexity index is 507. The summed E-state index contributed by atoms with van der Waals surface area (Å²) >= 11 is 0. The normalized spacial score (nSPS) is 11.3. The van der Waals surface area contributed by atoms with Crippen LogP contribution in [0.2, 0.25) is 0 Å². The van der Waals surface area contributed by atoms with E-state index in [-0.39, 0.29) is 6.61 Å². The molecule has 0 saturated carbocycles. The van der Waals surface area contributed by atoms with Gasteiger partial charge in [0.1, 0.15) is 0 Å². The second kappa shape index (κ2) is 5.84. The number of nitrogens with zero attached hydrogens (tertiary/aromatic N) is 3. The third kappa shape index (κ3) is 2.80. The van der Waals surface area contributed by atoms with Gasteiger partial charge in [-0.1, -0.05) is 12.1 Å². The van der Waals surface area contributed by atoms with E-state index in [1.54, 1.807) is 0 Å². The standard InChI is InChI=1S/C13H20N4O/c1-16(2)8-7-14-13-15-11-5-3-4-6-12(11)17(13)9-10-18/h3-6,18H,7-10H2,1-2H3,(H,14,15). The summed E-state index contributed by atoms with van der Waals surface area (Å²) < 4.78 is 2.02. The zero-order valence-electron chi connectivity index (χ0n) is 10.9. The Morgan fingerprint density at radius 3 is 2.83 bits per heavy atom. The highest BCUT2D eigenvalue weighted by Crippen LogP contribution is 2.18. The van der Waals surface area contributed by atoms with Crippen LogP contribution >= 0.6 is 0 Å². The molecule has 0 fully saturated rings. The van der Waals surface area contributed by atoms with Crippen molar-refractivity contribution in [1.82, 2.24) is 14.5 Å². The molecule has 5 heteroatoms. The highest BCUT2D eigenvalue weighted by atomic mass is 16.3. The molecule has 0 amide bonds. The van der Waals surface area contributed by atoms with Gasteiger partial charge in [-0.05, 0) is 26.2 Å². The summed E-state index contributed by atoms with van der Waals surface area (Å²) in [5.74, 6) is 0.826. The lowest BCUT2D eigenvalue weighted by atomic mass is 10.3. The lowest BCUT2D eigenvalue weighted by Crippen LogP contribution is -2.22. The second-order valence-electron chi connectivity index (χ2n) is 4.53. The third-order valence-electron chi connectivity index (χ3n) is 2.82. The zero-order chi connectivity index (χ0) is 13.0. The minimum atomic E-state index is 0.114. The van der Waals surface area contributed by atoms with Crippen molar-refractivity contribution in [2.24, 2.45) is 0 Å². The number of benzene rings is 1. The van der Waals surface area contributed by atoms with Gasteiger partial charge < -0.3 is 19.9 Å². The van der Waals surface area contributed by atoms with Crippen LogP contribution in [-0.2, 0) is 6.54 Å². The fraction of sp³-hybridized carbons (Fsp3) is 0.462. The monoisotopic (exact) mass is 248 g/mol. The number of fused-ring (bicyclic) bond motifs is 1. The minimum Gasteiger partial charge on any atom is -0.395 e. The highest BCUT2D eigenvalue weighted by Gasteiger charge is 2.08. The number of likely N-dealkylation sites (N-methyl/N-ethyl adjacent to an activating group) is 1. The van der Waals surface area contributed by atoms with Gasteiger partial charge in [0.15, 0.2) is 0 Å². The first kappa shape index (κ1) is 12.9. The Kier molecular flexibility index (Phi) is 4.17. The van der Waals surface area contributed by atoms with E-state index in [2.05, 4.69) is 15.2 Å². The first-order valence-electron chi connectivity index (χ1n) is 6.17. The van der Waals surface area contributed by atoms with Crippen LogP contribution in [-0.4, -0.2) is 53.3 Å². The number of hydrogen-bond acceptors (Lipinski definition) is 4. The molecule has 0 aliphatic heterocycles. The van der Waals surface area contributed by atoms with Gasteiger partial charge in [-0.2, -0.15) is 0 Å². The highest BCUT2D eigenvalue weighted by molar-refractivity contribution is 5.78. The van der Waals surface area contributed by atoms with Crippen molar-refractivity contribution in [3.63, 3.8) is 0 Å². The van der Waals surface area contributed by atoms with E-state index in [9.17, 15) is 0 Å². The predicted molar refractivity (Wildman–Crippen MR) is 73.9 cm³/mol. The number of aliphatic hydroxyl groups excluding tert-OH is 1. The molecular weight excluding hydrogens is 228 g/mol. The number of imidazole rings is 1. The summed E-state index contributed by atoms with van der Waals surface area (Å²) in [4.78, 5) is 6.67. The molecule has 2 aromatic rings. The largest absolute Gasteiger partial charge is 0.395 e. The molecule has 0 spiro atoms. The van der Waals surface area contributed by atoms with Crippen molar-refractivity contribution in [3.8, 4) is 0 Å². The molecular formula is C13H20N4O. The van der Waals surface area contributed by atoms with Gasteiger partial charge in [0, 0.05) is 19.6 Å². The molecule has 2 N–H and O–H groups in total. The smallest absolute Gasteiger partial charge is 0.204 e. The van der Waals surface area contributed by atoms with E-state index in [4.69, 9.17) is 5.11 Å².